The first-order valence-corrected chi connectivity index (χ1v) is 6.70. The highest BCUT2D eigenvalue weighted by Crippen LogP contribution is 2.28. The average Bonchev–Trinajstić information content (AvgIpc) is 2.74. The molecule has 0 spiro atoms. The Morgan fingerprint density at radius 1 is 1.43 bits per heavy atom. The van der Waals surface area contributed by atoms with Gasteiger partial charge in [-0.25, -0.2) is 0 Å². The molecule has 0 aromatic carbocycles. The molecule has 0 radical (unpaired) electrons. The predicted molar refractivity (Wildman–Crippen MR) is 60.7 cm³/mol. The van der Waals surface area contributed by atoms with Gasteiger partial charge in [-0.2, -0.15) is 11.8 Å². The van der Waals surface area contributed by atoms with Crippen molar-refractivity contribution < 1.29 is 5.11 Å². The van der Waals surface area contributed by atoms with Gasteiger partial charge in [0.25, 0.3) is 0 Å². The summed E-state index contributed by atoms with van der Waals surface area (Å²) in [4.78, 5) is 2.47. The Morgan fingerprint density at radius 2 is 2.21 bits per heavy atom. The maximum Gasteiger partial charge on any atom is 0.0589 e. The summed E-state index contributed by atoms with van der Waals surface area (Å²) in [7, 11) is 0. The lowest BCUT2D eigenvalue weighted by Crippen LogP contribution is -2.52. The van der Waals surface area contributed by atoms with Gasteiger partial charge in [0.2, 0.25) is 0 Å². The van der Waals surface area contributed by atoms with Crippen LogP contribution in [0.1, 0.15) is 6.42 Å². The summed E-state index contributed by atoms with van der Waals surface area (Å²) in [6, 6.07) is 0.423. The maximum atomic E-state index is 9.47. The van der Waals surface area contributed by atoms with Crippen LogP contribution in [0.25, 0.3) is 0 Å². The second-order valence-electron chi connectivity index (χ2n) is 4.16. The van der Waals surface area contributed by atoms with Crippen LogP contribution in [0, 0.1) is 5.92 Å². The highest BCUT2D eigenvalue weighted by atomic mass is 32.2. The van der Waals surface area contributed by atoms with E-state index in [0.717, 1.165) is 32.1 Å². The van der Waals surface area contributed by atoms with Gasteiger partial charge in [-0.1, -0.05) is 0 Å². The topological polar surface area (TPSA) is 35.5 Å². The van der Waals surface area contributed by atoms with Crippen LogP contribution < -0.4 is 5.32 Å². The van der Waals surface area contributed by atoms with Gasteiger partial charge in [-0.05, 0) is 23.8 Å². The summed E-state index contributed by atoms with van der Waals surface area (Å²) in [5.41, 5.74) is 0. The molecule has 0 aromatic rings. The number of aliphatic hydroxyl groups is 1. The van der Waals surface area contributed by atoms with Crippen molar-refractivity contribution in [2.75, 3.05) is 44.3 Å². The largest absolute Gasteiger partial charge is 0.395 e. The molecule has 2 aliphatic heterocycles. The zero-order chi connectivity index (χ0) is 9.80. The van der Waals surface area contributed by atoms with Crippen molar-refractivity contribution in [3.8, 4) is 0 Å². The second kappa shape index (κ2) is 5.35. The Labute approximate surface area is 90.2 Å². The van der Waals surface area contributed by atoms with Crippen LogP contribution >= 0.6 is 11.8 Å². The zero-order valence-electron chi connectivity index (χ0n) is 8.61. The van der Waals surface area contributed by atoms with Crippen LogP contribution in [-0.4, -0.2) is 60.3 Å². The minimum absolute atomic E-state index is 0.339. The molecule has 2 saturated heterocycles. The van der Waals surface area contributed by atoms with Crippen LogP contribution in [-0.2, 0) is 0 Å². The third-order valence-electron chi connectivity index (χ3n) is 3.32. The second-order valence-corrected chi connectivity index (χ2v) is 5.31. The predicted octanol–water partition coefficient (Wildman–Crippen LogP) is 0.00560. The van der Waals surface area contributed by atoms with Gasteiger partial charge in [0.05, 0.1) is 6.61 Å². The van der Waals surface area contributed by atoms with E-state index in [1.165, 1.54) is 17.9 Å². The van der Waals surface area contributed by atoms with E-state index in [2.05, 4.69) is 10.2 Å². The average molecular weight is 216 g/mol. The number of rotatable bonds is 3. The standard InChI is InChI=1S/C10H20N2OS/c13-7-10(9-1-6-14-8-9)12-4-2-11-3-5-12/h9-11,13H,1-8H2. The van der Waals surface area contributed by atoms with Gasteiger partial charge >= 0.3 is 0 Å². The summed E-state index contributed by atoms with van der Waals surface area (Å²) < 4.78 is 0. The minimum atomic E-state index is 0.339. The Bertz CT molecular complexity index is 168. The Morgan fingerprint density at radius 3 is 2.79 bits per heavy atom. The van der Waals surface area contributed by atoms with Crippen molar-refractivity contribution in [3.05, 3.63) is 0 Å². The lowest BCUT2D eigenvalue weighted by molar-refractivity contribution is 0.0775. The van der Waals surface area contributed by atoms with Crippen molar-refractivity contribution in [3.63, 3.8) is 0 Å². The molecule has 14 heavy (non-hydrogen) atoms. The number of piperazine rings is 1. The Balaban J connectivity index is 1.89. The third-order valence-corrected chi connectivity index (χ3v) is 4.50. The summed E-state index contributed by atoms with van der Waals surface area (Å²) >= 11 is 2.04. The van der Waals surface area contributed by atoms with Gasteiger partial charge < -0.3 is 10.4 Å². The van der Waals surface area contributed by atoms with Crippen LogP contribution in [0.4, 0.5) is 0 Å². The molecule has 0 bridgehead atoms. The lowest BCUT2D eigenvalue weighted by atomic mass is 9.98. The summed E-state index contributed by atoms with van der Waals surface area (Å²) in [5.74, 6) is 3.26. The molecule has 2 aliphatic rings. The molecular weight excluding hydrogens is 196 g/mol. The first-order chi connectivity index (χ1) is 6.92. The van der Waals surface area contributed by atoms with Crippen molar-refractivity contribution in [2.45, 2.75) is 12.5 Å². The zero-order valence-corrected chi connectivity index (χ0v) is 9.43. The van der Waals surface area contributed by atoms with E-state index in [9.17, 15) is 5.11 Å². The Kier molecular flexibility index (Phi) is 4.10. The van der Waals surface area contributed by atoms with Crippen molar-refractivity contribution in [1.82, 2.24) is 10.2 Å². The molecule has 2 N–H and O–H groups in total. The van der Waals surface area contributed by atoms with Crippen LogP contribution in [0.15, 0.2) is 0 Å². The fourth-order valence-corrected chi connectivity index (χ4v) is 3.76. The van der Waals surface area contributed by atoms with E-state index in [0.29, 0.717) is 12.6 Å². The molecule has 2 fully saturated rings. The van der Waals surface area contributed by atoms with E-state index in [4.69, 9.17) is 0 Å². The van der Waals surface area contributed by atoms with E-state index < -0.39 is 0 Å². The number of aliphatic hydroxyl groups excluding tert-OH is 1. The highest BCUT2D eigenvalue weighted by Gasteiger charge is 2.30. The first-order valence-electron chi connectivity index (χ1n) is 5.55. The van der Waals surface area contributed by atoms with Gasteiger partial charge in [-0.15, -0.1) is 0 Å². The number of thioether (sulfide) groups is 1. The molecule has 0 saturated carbocycles. The van der Waals surface area contributed by atoms with Gasteiger partial charge in [0.15, 0.2) is 0 Å². The summed E-state index contributed by atoms with van der Waals surface area (Å²) in [6.45, 7) is 4.71. The molecule has 0 aliphatic carbocycles. The maximum absolute atomic E-state index is 9.47. The summed E-state index contributed by atoms with van der Waals surface area (Å²) in [5, 5.41) is 12.8. The van der Waals surface area contributed by atoms with Gasteiger partial charge in [0, 0.05) is 32.2 Å². The number of hydrogen-bond acceptors (Lipinski definition) is 4. The highest BCUT2D eigenvalue weighted by molar-refractivity contribution is 7.99. The van der Waals surface area contributed by atoms with Crippen molar-refractivity contribution in [1.29, 1.82) is 0 Å². The summed E-state index contributed by atoms with van der Waals surface area (Å²) in [6.07, 6.45) is 1.29. The van der Waals surface area contributed by atoms with Gasteiger partial charge in [-0.3, -0.25) is 4.90 Å². The third kappa shape index (κ3) is 2.42. The van der Waals surface area contributed by atoms with Crippen LogP contribution in [0.5, 0.6) is 0 Å². The lowest BCUT2D eigenvalue weighted by Gasteiger charge is -2.36. The quantitative estimate of drug-likeness (QED) is 0.696. The van der Waals surface area contributed by atoms with E-state index in [1.807, 2.05) is 11.8 Å². The monoisotopic (exact) mass is 216 g/mol. The molecule has 4 heteroatoms. The first kappa shape index (κ1) is 10.7. The molecule has 2 atom stereocenters. The van der Waals surface area contributed by atoms with Crippen molar-refractivity contribution >= 4 is 11.8 Å². The number of nitrogens with zero attached hydrogens (tertiary/aromatic N) is 1. The normalized spacial score (nSPS) is 31.9. The van der Waals surface area contributed by atoms with Crippen molar-refractivity contribution in [2.24, 2.45) is 5.92 Å². The molecule has 0 amide bonds. The van der Waals surface area contributed by atoms with Crippen LogP contribution in [0.2, 0.25) is 0 Å². The molecule has 2 unspecified atom stereocenters. The molecule has 3 nitrogen and oxygen atoms in total. The minimum Gasteiger partial charge on any atom is -0.395 e. The Hall–Kier alpha value is 0.230. The molecule has 2 heterocycles. The SMILES string of the molecule is OCC(C1CCSC1)N1CCNCC1. The van der Waals surface area contributed by atoms with E-state index >= 15 is 0 Å². The smallest absolute Gasteiger partial charge is 0.0589 e. The molecule has 2 rings (SSSR count). The number of hydrogen-bond donors (Lipinski definition) is 2. The molecule has 0 aromatic heterocycles. The van der Waals surface area contributed by atoms with Crippen LogP contribution in [0.3, 0.4) is 0 Å². The molecule has 82 valence electrons. The fraction of sp³-hybridized carbons (Fsp3) is 1.00. The molecular formula is C10H20N2OS. The fourth-order valence-electron chi connectivity index (χ4n) is 2.43. The van der Waals surface area contributed by atoms with E-state index in [-0.39, 0.29) is 0 Å². The number of nitrogens with one attached hydrogen (secondary N) is 1. The van der Waals surface area contributed by atoms with E-state index in [1.54, 1.807) is 0 Å². The van der Waals surface area contributed by atoms with Gasteiger partial charge in [0.1, 0.15) is 0 Å².